The molecule has 1 heterocycles. The van der Waals surface area contributed by atoms with Crippen LogP contribution in [0.5, 0.6) is 0 Å². The summed E-state index contributed by atoms with van der Waals surface area (Å²) in [4.78, 5) is 13.3. The van der Waals surface area contributed by atoms with E-state index in [1.165, 1.54) is 36.0 Å². The van der Waals surface area contributed by atoms with E-state index >= 15 is 0 Å². The van der Waals surface area contributed by atoms with E-state index < -0.39 is 5.54 Å². The molecule has 29 heavy (non-hydrogen) atoms. The zero-order valence-corrected chi connectivity index (χ0v) is 18.8. The maximum Gasteiger partial charge on any atom is 0.257 e. The van der Waals surface area contributed by atoms with Crippen LogP contribution in [0.4, 0.5) is 0 Å². The number of fused-ring (bicyclic) bond motifs is 3. The summed E-state index contributed by atoms with van der Waals surface area (Å²) >= 11 is 5.39. The molecule has 1 aromatic carbocycles. The molecule has 0 bridgehead atoms. The van der Waals surface area contributed by atoms with Crippen LogP contribution in [0.1, 0.15) is 75.5 Å². The number of carbonyl (C=O) groups is 1. The Labute approximate surface area is 180 Å². The van der Waals surface area contributed by atoms with Crippen LogP contribution in [-0.2, 0) is 27.9 Å². The second-order valence-electron chi connectivity index (χ2n) is 9.02. The fraction of sp³-hybridized carbons (Fsp3) is 0.667. The number of amides is 1. The zero-order chi connectivity index (χ0) is 20.6. The first-order chi connectivity index (χ1) is 14.1. The number of ether oxygens (including phenoxy) is 1. The van der Waals surface area contributed by atoms with Crippen LogP contribution in [0.2, 0.25) is 0 Å². The van der Waals surface area contributed by atoms with Crippen LogP contribution in [0.3, 0.4) is 0 Å². The lowest BCUT2D eigenvalue weighted by atomic mass is 9.61. The van der Waals surface area contributed by atoms with E-state index in [2.05, 4.69) is 28.8 Å². The monoisotopic (exact) mass is 414 g/mol. The predicted octanol–water partition coefficient (Wildman–Crippen LogP) is 4.39. The van der Waals surface area contributed by atoms with E-state index in [-0.39, 0.29) is 11.3 Å². The molecule has 0 radical (unpaired) electrons. The second-order valence-corrected chi connectivity index (χ2v) is 9.43. The number of rotatable bonds is 4. The smallest absolute Gasteiger partial charge is 0.257 e. The molecule has 1 amide bonds. The summed E-state index contributed by atoms with van der Waals surface area (Å²) in [5.74, 6) is 0.963. The minimum absolute atomic E-state index is 0.0430. The molecule has 1 aliphatic heterocycles. The van der Waals surface area contributed by atoms with Gasteiger partial charge in [-0.1, -0.05) is 44.9 Å². The van der Waals surface area contributed by atoms with Crippen LogP contribution in [0.25, 0.3) is 0 Å². The van der Waals surface area contributed by atoms with E-state index in [4.69, 9.17) is 17.0 Å². The summed E-state index contributed by atoms with van der Waals surface area (Å²) in [6, 6.07) is 6.85. The third-order valence-electron chi connectivity index (χ3n) is 7.53. The van der Waals surface area contributed by atoms with Crippen molar-refractivity contribution in [3.8, 4) is 0 Å². The van der Waals surface area contributed by atoms with Crippen LogP contribution in [-0.4, -0.2) is 24.2 Å². The van der Waals surface area contributed by atoms with Gasteiger partial charge in [-0.25, -0.2) is 0 Å². The number of aryl methyl sites for hydroxylation is 1. The molecule has 3 fully saturated rings. The van der Waals surface area contributed by atoms with E-state index in [9.17, 15) is 4.79 Å². The highest BCUT2D eigenvalue weighted by Gasteiger charge is 2.65. The van der Waals surface area contributed by atoms with Crippen molar-refractivity contribution < 1.29 is 9.53 Å². The molecular weight excluding hydrogens is 380 g/mol. The first-order valence-corrected chi connectivity index (χ1v) is 11.8. The summed E-state index contributed by atoms with van der Waals surface area (Å²) in [7, 11) is 1.80. The molecule has 5 rings (SSSR count). The predicted molar refractivity (Wildman–Crippen MR) is 120 cm³/mol. The number of carbonyl (C=O) groups excluding carboxylic acids is 1. The quantitative estimate of drug-likeness (QED) is 0.718. The molecule has 4 aliphatic rings. The van der Waals surface area contributed by atoms with Gasteiger partial charge in [0, 0.05) is 12.5 Å². The van der Waals surface area contributed by atoms with Gasteiger partial charge in [0.25, 0.3) is 5.91 Å². The third kappa shape index (κ3) is 3.40. The molecule has 1 unspecified atom stereocenters. The van der Waals surface area contributed by atoms with Gasteiger partial charge in [-0.05, 0) is 79.8 Å². The van der Waals surface area contributed by atoms with Crippen molar-refractivity contribution in [2.45, 2.75) is 83.3 Å². The SMILES string of the molecule is CC.COC1CCC2(CC1)Cc1ccc(CCC3CC3)cc1C21NC(=S)NC1=O. The Bertz CT molecular complexity index is 796. The lowest BCUT2D eigenvalue weighted by Gasteiger charge is -2.46. The van der Waals surface area contributed by atoms with E-state index in [1.807, 2.05) is 13.8 Å². The molecule has 3 aliphatic carbocycles. The molecule has 5 heteroatoms. The van der Waals surface area contributed by atoms with Crippen LogP contribution >= 0.6 is 12.2 Å². The lowest BCUT2D eigenvalue weighted by molar-refractivity contribution is -0.131. The van der Waals surface area contributed by atoms with Crippen LogP contribution < -0.4 is 10.6 Å². The topological polar surface area (TPSA) is 50.4 Å². The zero-order valence-electron chi connectivity index (χ0n) is 18.0. The Kier molecular flexibility index (Phi) is 5.73. The fourth-order valence-electron chi connectivity index (χ4n) is 5.79. The highest BCUT2D eigenvalue weighted by atomic mass is 32.1. The van der Waals surface area contributed by atoms with Crippen molar-refractivity contribution in [1.82, 2.24) is 10.6 Å². The highest BCUT2D eigenvalue weighted by Crippen LogP contribution is 2.59. The largest absolute Gasteiger partial charge is 0.381 e. The Morgan fingerprint density at radius 1 is 1.17 bits per heavy atom. The first kappa shape index (κ1) is 20.8. The van der Waals surface area contributed by atoms with Gasteiger partial charge < -0.3 is 15.4 Å². The molecule has 0 aromatic heterocycles. The fourth-order valence-corrected chi connectivity index (χ4v) is 6.04. The normalized spacial score (nSPS) is 32.6. The van der Waals surface area contributed by atoms with Gasteiger partial charge in [-0.2, -0.15) is 0 Å². The van der Waals surface area contributed by atoms with Crippen LogP contribution in [0, 0.1) is 11.3 Å². The minimum atomic E-state index is -0.701. The van der Waals surface area contributed by atoms with Gasteiger partial charge in [0.05, 0.1) is 6.10 Å². The van der Waals surface area contributed by atoms with Crippen molar-refractivity contribution in [2.75, 3.05) is 7.11 Å². The van der Waals surface area contributed by atoms with E-state index in [1.54, 1.807) is 7.11 Å². The summed E-state index contributed by atoms with van der Waals surface area (Å²) in [5.41, 5.74) is 3.03. The summed E-state index contributed by atoms with van der Waals surface area (Å²) in [5, 5.41) is 6.86. The van der Waals surface area contributed by atoms with Gasteiger partial charge in [-0.15, -0.1) is 0 Å². The third-order valence-corrected chi connectivity index (χ3v) is 7.74. The second kappa shape index (κ2) is 7.99. The molecule has 2 spiro atoms. The molecule has 1 atom stereocenters. The van der Waals surface area contributed by atoms with Crippen molar-refractivity contribution in [2.24, 2.45) is 11.3 Å². The summed E-state index contributed by atoms with van der Waals surface area (Å²) in [6.45, 7) is 4.00. The molecule has 1 saturated heterocycles. The van der Waals surface area contributed by atoms with Gasteiger partial charge in [0.15, 0.2) is 10.7 Å². The van der Waals surface area contributed by atoms with Crippen molar-refractivity contribution in [3.63, 3.8) is 0 Å². The number of hydrogen-bond acceptors (Lipinski definition) is 3. The number of nitrogens with one attached hydrogen (secondary N) is 2. The van der Waals surface area contributed by atoms with Crippen molar-refractivity contribution >= 4 is 23.2 Å². The molecule has 158 valence electrons. The maximum absolute atomic E-state index is 13.3. The lowest BCUT2D eigenvalue weighted by Crippen LogP contribution is -2.56. The summed E-state index contributed by atoms with van der Waals surface area (Å²) in [6.07, 6.45) is 10.4. The Hall–Kier alpha value is -1.46. The van der Waals surface area contributed by atoms with Gasteiger partial charge in [0.1, 0.15) is 0 Å². The molecule has 2 saturated carbocycles. The molecular formula is C24H34N2O2S. The van der Waals surface area contributed by atoms with Gasteiger partial charge >= 0.3 is 0 Å². The number of benzene rings is 1. The highest BCUT2D eigenvalue weighted by molar-refractivity contribution is 7.80. The number of methoxy groups -OCH3 is 1. The standard InChI is InChI=1S/C22H28N2O2S.C2H6/c1-26-17-8-10-21(11-9-17)13-16-7-6-15(5-4-14-2-3-14)12-18(16)22(21)19(25)23-20(27)24-22;1-2/h6-7,12,14,17H,2-5,8-11,13H2,1H3,(H2,23,24,25,27);1-2H3. The van der Waals surface area contributed by atoms with Crippen molar-refractivity contribution in [1.29, 1.82) is 0 Å². The van der Waals surface area contributed by atoms with Gasteiger partial charge in [-0.3, -0.25) is 4.79 Å². The van der Waals surface area contributed by atoms with Gasteiger partial charge in [0.2, 0.25) is 0 Å². The average molecular weight is 415 g/mol. The number of thiocarbonyl (C=S) groups is 1. The summed E-state index contributed by atoms with van der Waals surface area (Å²) < 4.78 is 5.60. The Morgan fingerprint density at radius 2 is 1.90 bits per heavy atom. The van der Waals surface area contributed by atoms with Crippen molar-refractivity contribution in [3.05, 3.63) is 34.9 Å². The van der Waals surface area contributed by atoms with E-state index in [0.29, 0.717) is 11.2 Å². The molecule has 4 nitrogen and oxygen atoms in total. The minimum Gasteiger partial charge on any atom is -0.381 e. The van der Waals surface area contributed by atoms with Crippen LogP contribution in [0.15, 0.2) is 18.2 Å². The van der Waals surface area contributed by atoms with E-state index in [0.717, 1.165) is 44.4 Å². The molecule has 2 N–H and O–H groups in total. The Balaban J connectivity index is 0.000000994. The maximum atomic E-state index is 13.3. The first-order valence-electron chi connectivity index (χ1n) is 11.3. The average Bonchev–Trinajstić information content (AvgIpc) is 3.47. The number of hydrogen-bond donors (Lipinski definition) is 2. The Morgan fingerprint density at radius 3 is 2.48 bits per heavy atom. The molecule has 1 aromatic rings.